The molecule has 0 unspecified atom stereocenters. The number of carbonyl (C=O) groups is 1. The molecule has 17 heavy (non-hydrogen) atoms. The van der Waals surface area contributed by atoms with E-state index in [1.807, 2.05) is 13.8 Å². The van der Waals surface area contributed by atoms with Gasteiger partial charge < -0.3 is 0 Å². The van der Waals surface area contributed by atoms with E-state index >= 15 is 0 Å². The van der Waals surface area contributed by atoms with Crippen molar-refractivity contribution in [3.63, 3.8) is 0 Å². The molecule has 0 atom stereocenters. The van der Waals surface area contributed by atoms with E-state index in [0.29, 0.717) is 17.7 Å². The molecule has 0 aliphatic carbocycles. The van der Waals surface area contributed by atoms with Crippen molar-refractivity contribution in [3.05, 3.63) is 30.3 Å². The van der Waals surface area contributed by atoms with E-state index in [1.165, 1.54) is 0 Å². The quantitative estimate of drug-likeness (QED) is 0.783. The highest BCUT2D eigenvalue weighted by atomic mass is 32.2. The maximum absolute atomic E-state index is 11.9. The van der Waals surface area contributed by atoms with Gasteiger partial charge >= 0.3 is 0 Å². The van der Waals surface area contributed by atoms with E-state index in [2.05, 4.69) is 0 Å². The number of hydrogen-bond acceptors (Lipinski definition) is 3. The van der Waals surface area contributed by atoms with Crippen molar-refractivity contribution in [2.45, 2.75) is 31.6 Å². The highest BCUT2D eigenvalue weighted by Crippen LogP contribution is 2.12. The zero-order valence-corrected chi connectivity index (χ0v) is 11.0. The average Bonchev–Trinajstić information content (AvgIpc) is 2.29. The largest absolute Gasteiger partial charge is 0.299 e. The van der Waals surface area contributed by atoms with Gasteiger partial charge in [0.15, 0.2) is 9.84 Å². The summed E-state index contributed by atoms with van der Waals surface area (Å²) in [6.45, 7) is 3.65. The minimum Gasteiger partial charge on any atom is -0.299 e. The minimum atomic E-state index is -3.23. The summed E-state index contributed by atoms with van der Waals surface area (Å²) in [4.78, 5) is 11.7. The number of ketones is 1. The van der Waals surface area contributed by atoms with E-state index in [-0.39, 0.29) is 17.5 Å². The lowest BCUT2D eigenvalue weighted by Crippen LogP contribution is -2.11. The van der Waals surface area contributed by atoms with E-state index in [4.69, 9.17) is 0 Å². The molecule has 0 N–H and O–H groups in total. The molecule has 0 saturated heterocycles. The van der Waals surface area contributed by atoms with Crippen LogP contribution in [0.4, 0.5) is 0 Å². The van der Waals surface area contributed by atoms with Crippen LogP contribution in [0.5, 0.6) is 0 Å². The predicted molar refractivity (Wildman–Crippen MR) is 67.6 cm³/mol. The van der Waals surface area contributed by atoms with Crippen molar-refractivity contribution in [1.29, 1.82) is 0 Å². The van der Waals surface area contributed by atoms with Crippen LogP contribution in [0.25, 0.3) is 0 Å². The first-order chi connectivity index (χ1) is 7.93. The van der Waals surface area contributed by atoms with Gasteiger partial charge in [0.05, 0.1) is 10.6 Å². The van der Waals surface area contributed by atoms with Gasteiger partial charge in [0.2, 0.25) is 0 Å². The van der Waals surface area contributed by atoms with Crippen LogP contribution in [0.2, 0.25) is 0 Å². The fourth-order valence-corrected chi connectivity index (χ4v) is 2.80. The van der Waals surface area contributed by atoms with Gasteiger partial charge in [0.1, 0.15) is 5.78 Å². The van der Waals surface area contributed by atoms with Gasteiger partial charge in [0, 0.05) is 12.3 Å². The van der Waals surface area contributed by atoms with E-state index in [0.717, 1.165) is 0 Å². The zero-order valence-electron chi connectivity index (χ0n) is 10.2. The molecule has 1 rings (SSSR count). The van der Waals surface area contributed by atoms with Crippen LogP contribution < -0.4 is 0 Å². The van der Waals surface area contributed by atoms with Crippen LogP contribution in [0, 0.1) is 5.92 Å². The Balaban J connectivity index is 2.55. The molecule has 0 aliphatic rings. The molecule has 1 aromatic carbocycles. The fourth-order valence-electron chi connectivity index (χ4n) is 1.47. The molecule has 0 heterocycles. The molecule has 1 aromatic rings. The van der Waals surface area contributed by atoms with Crippen LogP contribution in [0.3, 0.4) is 0 Å². The summed E-state index contributed by atoms with van der Waals surface area (Å²) in [6, 6.07) is 8.35. The SMILES string of the molecule is CC(C)C(=O)CCCS(=O)(=O)c1ccccc1. The second-order valence-electron chi connectivity index (χ2n) is 4.36. The van der Waals surface area contributed by atoms with Crippen LogP contribution in [-0.4, -0.2) is 20.0 Å². The number of sulfone groups is 1. The van der Waals surface area contributed by atoms with Crippen molar-refractivity contribution in [2.24, 2.45) is 5.92 Å². The van der Waals surface area contributed by atoms with Gasteiger partial charge in [0.25, 0.3) is 0 Å². The van der Waals surface area contributed by atoms with Crippen molar-refractivity contribution < 1.29 is 13.2 Å². The topological polar surface area (TPSA) is 51.2 Å². The van der Waals surface area contributed by atoms with Gasteiger partial charge in [-0.3, -0.25) is 4.79 Å². The van der Waals surface area contributed by atoms with Crippen molar-refractivity contribution in [2.75, 3.05) is 5.75 Å². The van der Waals surface area contributed by atoms with E-state index < -0.39 is 9.84 Å². The van der Waals surface area contributed by atoms with E-state index in [1.54, 1.807) is 30.3 Å². The third kappa shape index (κ3) is 4.30. The first-order valence-corrected chi connectivity index (χ1v) is 7.39. The molecule has 3 nitrogen and oxygen atoms in total. The second kappa shape index (κ2) is 5.96. The third-order valence-corrected chi connectivity index (χ3v) is 4.40. The maximum Gasteiger partial charge on any atom is 0.178 e. The standard InChI is InChI=1S/C13H18O3S/c1-11(2)13(14)9-6-10-17(15,16)12-7-4-3-5-8-12/h3-5,7-8,11H,6,9-10H2,1-2H3. The summed E-state index contributed by atoms with van der Waals surface area (Å²) < 4.78 is 23.7. The number of Topliss-reactive ketones (excluding diaryl/α,β-unsaturated/α-hetero) is 1. The van der Waals surface area contributed by atoms with Crippen LogP contribution in [0.1, 0.15) is 26.7 Å². The normalized spacial score (nSPS) is 11.7. The van der Waals surface area contributed by atoms with Gasteiger partial charge in [-0.1, -0.05) is 32.0 Å². The number of hydrogen-bond donors (Lipinski definition) is 0. The van der Waals surface area contributed by atoms with Gasteiger partial charge in [-0.15, -0.1) is 0 Å². The molecule has 0 fully saturated rings. The molecule has 0 spiro atoms. The molecule has 0 radical (unpaired) electrons. The minimum absolute atomic E-state index is 0.0190. The molecule has 0 bridgehead atoms. The number of carbonyl (C=O) groups excluding carboxylic acids is 1. The zero-order chi connectivity index (χ0) is 12.9. The molecule has 0 amide bonds. The first-order valence-electron chi connectivity index (χ1n) is 5.74. The lowest BCUT2D eigenvalue weighted by Gasteiger charge is -2.05. The highest BCUT2D eigenvalue weighted by Gasteiger charge is 2.15. The predicted octanol–water partition coefficient (Wildman–Crippen LogP) is 2.47. The Kier molecular flexibility index (Phi) is 4.87. The fraction of sp³-hybridized carbons (Fsp3) is 0.462. The van der Waals surface area contributed by atoms with Crippen LogP contribution >= 0.6 is 0 Å². The number of rotatable bonds is 6. The summed E-state index contributed by atoms with van der Waals surface area (Å²) >= 11 is 0. The summed E-state index contributed by atoms with van der Waals surface area (Å²) in [7, 11) is -3.23. The Bertz CT molecular complexity index is 461. The summed E-state index contributed by atoms with van der Waals surface area (Å²) in [6.07, 6.45) is 0.734. The van der Waals surface area contributed by atoms with Crippen LogP contribution in [-0.2, 0) is 14.6 Å². The van der Waals surface area contributed by atoms with Gasteiger partial charge in [-0.25, -0.2) is 8.42 Å². The lowest BCUT2D eigenvalue weighted by molar-refractivity contribution is -0.121. The molecule has 0 aliphatic heterocycles. The molecule has 0 saturated carbocycles. The van der Waals surface area contributed by atoms with Crippen molar-refractivity contribution in [1.82, 2.24) is 0 Å². The second-order valence-corrected chi connectivity index (χ2v) is 6.47. The van der Waals surface area contributed by atoms with Gasteiger partial charge in [-0.2, -0.15) is 0 Å². The Morgan fingerprint density at radius 2 is 1.76 bits per heavy atom. The first kappa shape index (κ1) is 13.9. The Labute approximate surface area is 103 Å². The molecular weight excluding hydrogens is 236 g/mol. The Morgan fingerprint density at radius 3 is 2.29 bits per heavy atom. The van der Waals surface area contributed by atoms with Crippen molar-refractivity contribution >= 4 is 15.6 Å². The maximum atomic E-state index is 11.9. The Hall–Kier alpha value is -1.16. The van der Waals surface area contributed by atoms with Crippen LogP contribution in [0.15, 0.2) is 35.2 Å². The number of benzene rings is 1. The molecule has 94 valence electrons. The lowest BCUT2D eigenvalue weighted by atomic mass is 10.1. The van der Waals surface area contributed by atoms with Gasteiger partial charge in [-0.05, 0) is 18.6 Å². The average molecular weight is 254 g/mol. The molecule has 4 heteroatoms. The summed E-state index contributed by atoms with van der Waals surface area (Å²) in [5.74, 6) is 0.137. The summed E-state index contributed by atoms with van der Waals surface area (Å²) in [5.41, 5.74) is 0. The monoisotopic (exact) mass is 254 g/mol. The highest BCUT2D eigenvalue weighted by molar-refractivity contribution is 7.91. The third-order valence-electron chi connectivity index (χ3n) is 2.58. The Morgan fingerprint density at radius 1 is 1.18 bits per heavy atom. The molecular formula is C13H18O3S. The van der Waals surface area contributed by atoms with E-state index in [9.17, 15) is 13.2 Å². The van der Waals surface area contributed by atoms with Crippen molar-refractivity contribution in [3.8, 4) is 0 Å². The smallest absolute Gasteiger partial charge is 0.178 e. The molecule has 0 aromatic heterocycles. The summed E-state index contributed by atoms with van der Waals surface area (Å²) in [5, 5.41) is 0.